The van der Waals surface area contributed by atoms with Gasteiger partial charge in [0, 0.05) is 39.5 Å². The van der Waals surface area contributed by atoms with E-state index in [0.717, 1.165) is 11.1 Å². The second kappa shape index (κ2) is 48.4. The molecule has 0 bridgehead atoms. The average molecular weight is 624 g/mol. The predicted molar refractivity (Wildman–Crippen MR) is 123 cm³/mol. The van der Waals surface area contributed by atoms with Crippen LogP contribution >= 0.6 is 0 Å². The molecule has 0 saturated carbocycles. The Hall–Kier alpha value is -2.67. The van der Waals surface area contributed by atoms with E-state index in [1.165, 1.54) is 0 Å². The fourth-order valence-electron chi connectivity index (χ4n) is 2.26. The van der Waals surface area contributed by atoms with Crippen LogP contribution < -0.4 is 0 Å². The van der Waals surface area contributed by atoms with Crippen LogP contribution in [-0.2, 0) is 84.2 Å². The van der Waals surface area contributed by atoms with E-state index in [4.69, 9.17) is 37.4 Å². The monoisotopic (exact) mass is 624 g/mol. The molecule has 2 atom stereocenters. The van der Waals surface area contributed by atoms with E-state index in [1.54, 1.807) is 0 Å². The molecule has 210 valence electrons. The van der Waals surface area contributed by atoms with Crippen LogP contribution in [0.3, 0.4) is 0 Å². The summed E-state index contributed by atoms with van der Waals surface area (Å²) in [6.07, 6.45) is -0.966. The third-order valence-electron chi connectivity index (χ3n) is 3.61. The topological polar surface area (TPSA) is 158 Å². The summed E-state index contributed by atoms with van der Waals surface area (Å²) < 4.78 is 56.8. The predicted octanol–water partition coefficient (Wildman–Crippen LogP) is 3.58. The molecule has 0 aliphatic heterocycles. The van der Waals surface area contributed by atoms with Crippen molar-refractivity contribution in [1.82, 2.24) is 0 Å². The van der Waals surface area contributed by atoms with Gasteiger partial charge >= 0.3 is 67.8 Å². The molecule has 1 N–H and O–H groups in total. The second-order valence-electron chi connectivity index (χ2n) is 6.18. The Balaban J connectivity index is -0.000000129. The van der Waals surface area contributed by atoms with Gasteiger partial charge in [-0.25, -0.2) is 0 Å². The molecular weight excluding hydrogens is 598 g/mol. The van der Waals surface area contributed by atoms with Crippen LogP contribution in [0.15, 0.2) is 60.7 Å². The van der Waals surface area contributed by atoms with E-state index < -0.39 is 12.2 Å². The minimum absolute atomic E-state index is 0. The van der Waals surface area contributed by atoms with Crippen LogP contribution in [0.1, 0.15) is 25.0 Å². The summed E-state index contributed by atoms with van der Waals surface area (Å²) in [5.41, 5.74) is 2.12. The molecule has 0 aliphatic carbocycles. The van der Waals surface area contributed by atoms with Gasteiger partial charge in [-0.15, -0.1) is 0 Å². The largest absolute Gasteiger partial charge is 0 e. The standard InChI is InChI=1S/C22H26O3.6CO.2Co/c1-18(2)13-14-21(24-16-19-9-5-3-6-10-19)22(15-23)25-17-20-11-7-4-8-12-20;6*1-2;;/h3-12,18,21-23H,15-17H2,1-2H3;;;;;;;;/t21-,22-;;;;;;;;/m1......../s1. The van der Waals surface area contributed by atoms with Crippen LogP contribution in [0.25, 0.3) is 0 Å². The van der Waals surface area contributed by atoms with Gasteiger partial charge < -0.3 is 14.6 Å². The van der Waals surface area contributed by atoms with E-state index in [1.807, 2.05) is 74.5 Å². The van der Waals surface area contributed by atoms with E-state index in [0.29, 0.717) is 13.2 Å². The second-order valence-corrected chi connectivity index (χ2v) is 6.18. The first kappa shape index (κ1) is 52.7. The SMILES string of the molecule is CC(C)C#C[C@@H](OCc1ccccc1)[C@@H](CO)OCc1ccccc1.[C-]#[O+].[C-]#[O+].[C-]#[O+].[C-]#[O+].[C-]#[O+].[C-]#[O+].[Co].[Co]. The van der Waals surface area contributed by atoms with Crippen molar-refractivity contribution in [1.29, 1.82) is 0 Å². The van der Waals surface area contributed by atoms with Crippen LogP contribution in [0.5, 0.6) is 0 Å². The van der Waals surface area contributed by atoms with Crippen LogP contribution in [-0.4, -0.2) is 23.9 Å². The van der Waals surface area contributed by atoms with Crippen molar-refractivity contribution in [3.05, 3.63) is 112 Å². The molecule has 11 heteroatoms. The fourth-order valence-corrected chi connectivity index (χ4v) is 2.26. The van der Waals surface area contributed by atoms with Gasteiger partial charge in [0.1, 0.15) is 12.2 Å². The number of aliphatic hydroxyl groups excluding tert-OH is 1. The summed E-state index contributed by atoms with van der Waals surface area (Å²) in [6, 6.07) is 19.8. The summed E-state index contributed by atoms with van der Waals surface area (Å²) in [4.78, 5) is 0. The van der Waals surface area contributed by atoms with Gasteiger partial charge in [-0.05, 0) is 11.1 Å². The fraction of sp³-hybridized carbons (Fsp3) is 0.286. The molecule has 0 amide bonds. The first-order valence-electron chi connectivity index (χ1n) is 9.84. The summed E-state index contributed by atoms with van der Waals surface area (Å²) in [5.74, 6) is 6.48. The molecule has 0 spiro atoms. The Morgan fingerprint density at radius 1 is 0.615 bits per heavy atom. The number of rotatable bonds is 8. The summed E-state index contributed by atoms with van der Waals surface area (Å²) in [6.45, 7) is 31.8. The molecule has 0 aliphatic rings. The van der Waals surface area contributed by atoms with Gasteiger partial charge in [-0.1, -0.05) is 86.4 Å². The van der Waals surface area contributed by atoms with Crippen molar-refractivity contribution in [2.24, 2.45) is 5.92 Å². The zero-order valence-electron chi connectivity index (χ0n) is 21.0. The van der Waals surface area contributed by atoms with Gasteiger partial charge in [-0.3, -0.25) is 0 Å². The van der Waals surface area contributed by atoms with Crippen LogP contribution in [0.4, 0.5) is 0 Å². The number of ether oxygens (including phenoxy) is 2. The van der Waals surface area contributed by atoms with E-state index in [9.17, 15) is 5.11 Å². The van der Waals surface area contributed by atoms with Gasteiger partial charge in [0.25, 0.3) is 0 Å². The number of benzene rings is 2. The molecule has 0 aromatic heterocycles. The molecule has 2 rings (SSSR count). The van der Waals surface area contributed by atoms with Gasteiger partial charge in [0.15, 0.2) is 0 Å². The van der Waals surface area contributed by atoms with Crippen molar-refractivity contribution >= 4 is 0 Å². The maximum atomic E-state index is 9.76. The van der Waals surface area contributed by atoms with E-state index in [-0.39, 0.29) is 46.1 Å². The summed E-state index contributed by atoms with van der Waals surface area (Å²) in [5, 5.41) is 9.76. The average Bonchev–Trinajstić information content (AvgIpc) is 3.01. The Labute approximate surface area is 250 Å². The molecule has 39 heavy (non-hydrogen) atoms. The molecule has 2 aromatic rings. The Kier molecular flexibility index (Phi) is 65.4. The Morgan fingerprint density at radius 2 is 0.949 bits per heavy atom. The van der Waals surface area contributed by atoms with Crippen LogP contribution in [0.2, 0.25) is 0 Å². The number of hydrogen-bond acceptors (Lipinski definition) is 3. The van der Waals surface area contributed by atoms with Gasteiger partial charge in [0.05, 0.1) is 19.8 Å². The summed E-state index contributed by atoms with van der Waals surface area (Å²) >= 11 is 0. The molecule has 0 fully saturated rings. The zero-order valence-corrected chi connectivity index (χ0v) is 23.1. The molecule has 0 heterocycles. The third-order valence-corrected chi connectivity index (χ3v) is 3.61. The van der Waals surface area contributed by atoms with Crippen molar-refractivity contribution in [2.75, 3.05) is 6.61 Å². The van der Waals surface area contributed by atoms with E-state index >= 15 is 0 Å². The minimum atomic E-state index is -0.491. The Bertz CT molecular complexity index is 881. The smallest absolute Gasteiger partial charge is 0 e. The first-order chi connectivity index (χ1) is 18.2. The number of aliphatic hydroxyl groups is 1. The Morgan fingerprint density at radius 3 is 1.26 bits per heavy atom. The third kappa shape index (κ3) is 33.3. The molecule has 0 saturated heterocycles. The quantitative estimate of drug-likeness (QED) is 0.271. The van der Waals surface area contributed by atoms with Crippen molar-refractivity contribution < 1.29 is 76.1 Å². The zero-order chi connectivity index (χ0) is 29.9. The van der Waals surface area contributed by atoms with Crippen molar-refractivity contribution in [3.63, 3.8) is 0 Å². The molecule has 9 nitrogen and oxygen atoms in total. The molecule has 0 unspecified atom stereocenters. The normalized spacial score (nSPS) is 8.72. The van der Waals surface area contributed by atoms with Crippen LogP contribution in [0, 0.1) is 57.7 Å². The van der Waals surface area contributed by atoms with E-state index in [2.05, 4.69) is 51.7 Å². The van der Waals surface area contributed by atoms with Crippen molar-refractivity contribution in [3.8, 4) is 11.8 Å². The molecule has 2 radical (unpaired) electrons. The number of hydrogen-bond donors (Lipinski definition) is 1. The molecule has 2 aromatic carbocycles. The van der Waals surface area contributed by atoms with Crippen molar-refractivity contribution in [2.45, 2.75) is 39.3 Å². The summed E-state index contributed by atoms with van der Waals surface area (Å²) in [7, 11) is 0. The molecular formula is C28H26Co2O9. The van der Waals surface area contributed by atoms with Gasteiger partial charge in [0.2, 0.25) is 0 Å². The maximum absolute atomic E-state index is 9.76. The first-order valence-corrected chi connectivity index (χ1v) is 9.84. The minimum Gasteiger partial charge on any atom is 0 e. The van der Waals surface area contributed by atoms with Gasteiger partial charge in [-0.2, -0.15) is 0 Å². The maximum Gasteiger partial charge on any atom is 0 e.